The largest absolute Gasteiger partial charge is 0.297 e. The average Bonchev–Trinajstić information content (AvgIpc) is 3.33. The third-order valence-corrected chi connectivity index (χ3v) is 6.12. The highest BCUT2D eigenvalue weighted by atomic mass is 16.2. The molecule has 5 rings (SSSR count). The first-order valence-electron chi connectivity index (χ1n) is 11.1. The monoisotopic (exact) mass is 448 g/mol. The highest BCUT2D eigenvalue weighted by molar-refractivity contribution is 6.07. The van der Waals surface area contributed by atoms with Crippen LogP contribution in [0.2, 0.25) is 0 Å². The number of benzene rings is 3. The van der Waals surface area contributed by atoms with Crippen LogP contribution in [0.5, 0.6) is 0 Å². The molecular formula is C28H24N4O2. The SMILES string of the molecule is Cc1ccc(C(=O)n2cc(C=Nc3c(C)n(C)n(-c4ccccc4)c3=O)c3ccccc32)cc1. The van der Waals surface area contributed by atoms with Crippen molar-refractivity contribution in [3.8, 4) is 5.69 Å². The second kappa shape index (κ2) is 8.48. The first kappa shape index (κ1) is 21.4. The maximum atomic E-state index is 13.2. The molecule has 0 aliphatic heterocycles. The normalized spacial score (nSPS) is 11.5. The van der Waals surface area contributed by atoms with Crippen molar-refractivity contribution in [3.05, 3.63) is 118 Å². The van der Waals surface area contributed by atoms with E-state index in [9.17, 15) is 9.59 Å². The number of hydrogen-bond acceptors (Lipinski definition) is 3. The summed E-state index contributed by atoms with van der Waals surface area (Å²) >= 11 is 0. The molecule has 0 saturated heterocycles. The molecule has 0 amide bonds. The second-order valence-corrected chi connectivity index (χ2v) is 8.31. The van der Waals surface area contributed by atoms with Gasteiger partial charge < -0.3 is 0 Å². The van der Waals surface area contributed by atoms with Gasteiger partial charge in [0.25, 0.3) is 11.5 Å². The number of hydrogen-bond donors (Lipinski definition) is 0. The van der Waals surface area contributed by atoms with Crippen molar-refractivity contribution in [2.75, 3.05) is 0 Å². The van der Waals surface area contributed by atoms with Gasteiger partial charge in [0, 0.05) is 36.0 Å². The summed E-state index contributed by atoms with van der Waals surface area (Å²) < 4.78 is 5.04. The fourth-order valence-corrected chi connectivity index (χ4v) is 4.15. The third kappa shape index (κ3) is 3.59. The number of carbonyl (C=O) groups excluding carboxylic acids is 1. The van der Waals surface area contributed by atoms with Crippen LogP contribution in [0.4, 0.5) is 5.69 Å². The van der Waals surface area contributed by atoms with Crippen LogP contribution in [0.1, 0.15) is 27.2 Å². The van der Waals surface area contributed by atoms with Gasteiger partial charge in [-0.2, -0.15) is 0 Å². The van der Waals surface area contributed by atoms with Crippen molar-refractivity contribution in [1.29, 1.82) is 0 Å². The van der Waals surface area contributed by atoms with Gasteiger partial charge in [0.1, 0.15) is 0 Å². The van der Waals surface area contributed by atoms with Crippen LogP contribution >= 0.6 is 0 Å². The number of fused-ring (bicyclic) bond motifs is 1. The lowest BCUT2D eigenvalue weighted by atomic mass is 10.1. The van der Waals surface area contributed by atoms with Crippen LogP contribution in [0, 0.1) is 13.8 Å². The standard InChI is InChI=1S/C28H24N4O2/c1-19-13-15-21(16-14-19)27(33)31-18-22(24-11-7-8-12-25(24)31)17-29-26-20(2)30(3)32(28(26)34)23-9-5-4-6-10-23/h4-18H,1-3H3. The van der Waals surface area contributed by atoms with E-state index >= 15 is 0 Å². The first-order valence-corrected chi connectivity index (χ1v) is 11.1. The number of nitrogens with zero attached hydrogens (tertiary/aromatic N) is 4. The molecule has 0 bridgehead atoms. The van der Waals surface area contributed by atoms with E-state index in [0.717, 1.165) is 33.4 Å². The molecule has 0 radical (unpaired) electrons. The Morgan fingerprint density at radius 1 is 0.882 bits per heavy atom. The molecule has 2 heterocycles. The quantitative estimate of drug-likeness (QED) is 0.356. The van der Waals surface area contributed by atoms with E-state index < -0.39 is 0 Å². The first-order chi connectivity index (χ1) is 16.5. The molecule has 0 saturated carbocycles. The predicted molar refractivity (Wildman–Crippen MR) is 136 cm³/mol. The number of aliphatic imine (C=N–C) groups is 1. The van der Waals surface area contributed by atoms with Gasteiger partial charge in [-0.3, -0.25) is 18.8 Å². The predicted octanol–water partition coefficient (Wildman–Crippen LogP) is 5.19. The van der Waals surface area contributed by atoms with E-state index in [-0.39, 0.29) is 11.5 Å². The zero-order valence-electron chi connectivity index (χ0n) is 19.3. The number of aryl methyl sites for hydroxylation is 1. The van der Waals surface area contributed by atoms with Crippen LogP contribution in [-0.4, -0.2) is 26.1 Å². The topological polar surface area (TPSA) is 61.3 Å². The smallest absolute Gasteiger partial charge is 0.283 e. The Balaban J connectivity index is 1.58. The molecule has 2 aromatic heterocycles. The third-order valence-electron chi connectivity index (χ3n) is 6.12. The molecule has 0 unspecified atom stereocenters. The summed E-state index contributed by atoms with van der Waals surface area (Å²) in [5.74, 6) is -0.113. The Morgan fingerprint density at radius 2 is 1.56 bits per heavy atom. The lowest BCUT2D eigenvalue weighted by Gasteiger charge is -2.07. The minimum absolute atomic E-state index is 0.113. The summed E-state index contributed by atoms with van der Waals surface area (Å²) in [4.78, 5) is 31.0. The molecule has 6 heteroatoms. The van der Waals surface area contributed by atoms with Crippen molar-refractivity contribution < 1.29 is 4.79 Å². The Bertz CT molecular complexity index is 1600. The Labute approximate surface area is 197 Å². The zero-order chi connectivity index (χ0) is 23.8. The molecule has 5 aromatic rings. The van der Waals surface area contributed by atoms with Crippen molar-refractivity contribution >= 4 is 28.7 Å². The fraction of sp³-hybridized carbons (Fsp3) is 0.107. The fourth-order valence-electron chi connectivity index (χ4n) is 4.15. The van der Waals surface area contributed by atoms with Gasteiger partial charge in [0.05, 0.1) is 16.9 Å². The molecule has 0 aliphatic carbocycles. The van der Waals surface area contributed by atoms with Crippen LogP contribution in [0.3, 0.4) is 0 Å². The second-order valence-electron chi connectivity index (χ2n) is 8.31. The van der Waals surface area contributed by atoms with Crippen LogP contribution in [0.25, 0.3) is 16.6 Å². The molecule has 0 atom stereocenters. The molecule has 0 fully saturated rings. The lowest BCUT2D eigenvalue weighted by Crippen LogP contribution is -2.19. The molecule has 0 N–H and O–H groups in total. The molecule has 6 nitrogen and oxygen atoms in total. The molecule has 168 valence electrons. The van der Waals surface area contributed by atoms with Crippen molar-refractivity contribution in [1.82, 2.24) is 13.9 Å². The number of carbonyl (C=O) groups is 1. The highest BCUT2D eigenvalue weighted by Crippen LogP contribution is 2.23. The summed E-state index contributed by atoms with van der Waals surface area (Å²) in [6.45, 7) is 3.86. The average molecular weight is 449 g/mol. The van der Waals surface area contributed by atoms with E-state index in [0.29, 0.717) is 11.3 Å². The highest BCUT2D eigenvalue weighted by Gasteiger charge is 2.17. The molecule has 0 aliphatic rings. The molecule has 3 aromatic carbocycles. The Kier molecular flexibility index (Phi) is 5.34. The lowest BCUT2D eigenvalue weighted by molar-refractivity contribution is 0.0965. The Hall–Kier alpha value is -4.45. The number of rotatable bonds is 4. The summed E-state index contributed by atoms with van der Waals surface area (Å²) in [6.07, 6.45) is 3.45. The summed E-state index contributed by atoms with van der Waals surface area (Å²) in [7, 11) is 1.84. The molecule has 34 heavy (non-hydrogen) atoms. The van der Waals surface area contributed by atoms with E-state index in [1.54, 1.807) is 26.3 Å². The minimum atomic E-state index is -0.193. The van der Waals surface area contributed by atoms with Crippen LogP contribution in [0.15, 0.2) is 94.8 Å². The van der Waals surface area contributed by atoms with Crippen molar-refractivity contribution in [3.63, 3.8) is 0 Å². The van der Waals surface area contributed by atoms with E-state index in [4.69, 9.17) is 0 Å². The van der Waals surface area contributed by atoms with E-state index in [1.165, 1.54) is 0 Å². The summed E-state index contributed by atoms with van der Waals surface area (Å²) in [5.41, 5.74) is 4.98. The van der Waals surface area contributed by atoms with Crippen molar-refractivity contribution in [2.45, 2.75) is 13.8 Å². The van der Waals surface area contributed by atoms with Gasteiger partial charge >= 0.3 is 0 Å². The maximum absolute atomic E-state index is 13.2. The molecular weight excluding hydrogens is 424 g/mol. The van der Waals surface area contributed by atoms with Gasteiger partial charge in [0.15, 0.2) is 5.69 Å². The maximum Gasteiger partial charge on any atom is 0.297 e. The number of para-hydroxylation sites is 2. The van der Waals surface area contributed by atoms with Crippen LogP contribution < -0.4 is 5.56 Å². The zero-order valence-corrected chi connectivity index (χ0v) is 19.3. The van der Waals surface area contributed by atoms with Crippen LogP contribution in [-0.2, 0) is 7.05 Å². The summed E-state index contributed by atoms with van der Waals surface area (Å²) in [6, 6.07) is 24.7. The molecule has 0 spiro atoms. The van der Waals surface area contributed by atoms with Gasteiger partial charge in [0.2, 0.25) is 0 Å². The van der Waals surface area contributed by atoms with Gasteiger partial charge in [-0.05, 0) is 44.2 Å². The van der Waals surface area contributed by atoms with Crippen molar-refractivity contribution in [2.24, 2.45) is 12.0 Å². The van der Waals surface area contributed by atoms with Gasteiger partial charge in [-0.25, -0.2) is 9.67 Å². The Morgan fingerprint density at radius 3 is 2.29 bits per heavy atom. The minimum Gasteiger partial charge on any atom is -0.283 e. The van der Waals surface area contributed by atoms with Gasteiger partial charge in [-0.15, -0.1) is 0 Å². The van der Waals surface area contributed by atoms with E-state index in [2.05, 4.69) is 4.99 Å². The number of aromatic nitrogens is 3. The van der Waals surface area contributed by atoms with Gasteiger partial charge in [-0.1, -0.05) is 54.1 Å². The van der Waals surface area contributed by atoms with E-state index in [1.807, 2.05) is 99.8 Å². The summed E-state index contributed by atoms with van der Waals surface area (Å²) in [5, 5.41) is 0.892.